The highest BCUT2D eigenvalue weighted by molar-refractivity contribution is 6.37. The Labute approximate surface area is 292 Å². The van der Waals surface area contributed by atoms with Gasteiger partial charge in [-0.25, -0.2) is 4.39 Å². The van der Waals surface area contributed by atoms with Gasteiger partial charge in [0, 0.05) is 61.8 Å². The number of carbonyl (C=O) groups excluding carboxylic acids is 6. The van der Waals surface area contributed by atoms with Crippen LogP contribution in [0.1, 0.15) is 79.3 Å². The Bertz CT molecular complexity index is 2100. The molecule has 8 rings (SSSR count). The molecule has 4 N–H and O–H groups in total. The number of hydrogen-bond donors (Lipinski definition) is 4. The molecule has 2 saturated heterocycles. The summed E-state index contributed by atoms with van der Waals surface area (Å²) in [6.45, 7) is 5.77. The number of anilines is 2. The summed E-state index contributed by atoms with van der Waals surface area (Å²) >= 11 is 0. The van der Waals surface area contributed by atoms with E-state index in [0.717, 1.165) is 53.5 Å². The van der Waals surface area contributed by atoms with Gasteiger partial charge in [-0.15, -0.1) is 0 Å². The molecule has 5 heterocycles. The highest BCUT2D eigenvalue weighted by atomic mass is 19.1. The van der Waals surface area contributed by atoms with Gasteiger partial charge in [0.1, 0.15) is 11.9 Å². The molecule has 4 aliphatic heterocycles. The van der Waals surface area contributed by atoms with Gasteiger partial charge >= 0.3 is 0 Å². The number of nitrogens with one attached hydrogen (secondary N) is 4. The molecular formula is C37H36FN7O6. The number of aromatic nitrogens is 1. The molecule has 0 radical (unpaired) electrons. The molecule has 51 heavy (non-hydrogen) atoms. The smallest absolute Gasteiger partial charge is 0.264 e. The molecular weight excluding hydrogens is 657 g/mol. The van der Waals surface area contributed by atoms with Crippen molar-refractivity contribution in [3.63, 3.8) is 0 Å². The van der Waals surface area contributed by atoms with Crippen LogP contribution < -0.4 is 20.9 Å². The van der Waals surface area contributed by atoms with Gasteiger partial charge in [-0.05, 0) is 80.6 Å². The zero-order valence-corrected chi connectivity index (χ0v) is 28.0. The average molecular weight is 694 g/mol. The molecule has 1 unspecified atom stereocenters. The number of hydrogen-bond acceptors (Lipinski definition) is 8. The second-order valence-electron chi connectivity index (χ2n) is 13.6. The summed E-state index contributed by atoms with van der Waals surface area (Å²) in [4.78, 5) is 85.9. The number of halogens is 1. The summed E-state index contributed by atoms with van der Waals surface area (Å²) in [6, 6.07) is 8.40. The van der Waals surface area contributed by atoms with Gasteiger partial charge in [0.15, 0.2) is 0 Å². The summed E-state index contributed by atoms with van der Waals surface area (Å²) in [6.07, 6.45) is 2.07. The lowest BCUT2D eigenvalue weighted by Gasteiger charge is -2.36. The lowest BCUT2D eigenvalue weighted by molar-refractivity contribution is -0.136. The third-order valence-corrected chi connectivity index (χ3v) is 10.6. The predicted octanol–water partition coefficient (Wildman–Crippen LogP) is 2.61. The SMILES string of the molecule is Cc1[nH]c2c(c1C(=O)NCCCN1CCN(c3cccc4c3C(=O)N(C3CCC(=O)NC3=O)C4=O)CC1)CC/C2=C1/C(=O)Nc2ccc(F)cc21. The van der Waals surface area contributed by atoms with Crippen LogP contribution in [0.2, 0.25) is 0 Å². The maximum Gasteiger partial charge on any atom is 0.264 e. The molecule has 1 atom stereocenters. The van der Waals surface area contributed by atoms with E-state index in [-0.39, 0.29) is 30.2 Å². The van der Waals surface area contributed by atoms with E-state index < -0.39 is 35.5 Å². The maximum atomic E-state index is 14.1. The van der Waals surface area contributed by atoms with Crippen molar-refractivity contribution >= 4 is 58.0 Å². The van der Waals surface area contributed by atoms with Crippen LogP contribution in [0.4, 0.5) is 15.8 Å². The molecule has 0 bridgehead atoms. The highest BCUT2D eigenvalue weighted by Gasteiger charge is 2.46. The molecule has 0 spiro atoms. The number of fused-ring (bicyclic) bond motifs is 3. The fraction of sp³-hybridized carbons (Fsp3) is 0.351. The van der Waals surface area contributed by atoms with Crippen molar-refractivity contribution in [1.82, 2.24) is 25.4 Å². The van der Waals surface area contributed by atoms with Crippen LogP contribution in [0.5, 0.6) is 0 Å². The van der Waals surface area contributed by atoms with E-state index in [2.05, 4.69) is 30.7 Å². The van der Waals surface area contributed by atoms with Crippen LogP contribution in [0, 0.1) is 12.7 Å². The van der Waals surface area contributed by atoms with Crippen LogP contribution in [-0.2, 0) is 20.8 Å². The zero-order valence-electron chi connectivity index (χ0n) is 28.0. The molecule has 1 aliphatic carbocycles. The van der Waals surface area contributed by atoms with Crippen molar-refractivity contribution in [2.24, 2.45) is 0 Å². The summed E-state index contributed by atoms with van der Waals surface area (Å²) < 4.78 is 14.1. The number of allylic oxidation sites excluding steroid dienone is 1. The number of rotatable bonds is 7. The van der Waals surface area contributed by atoms with Crippen molar-refractivity contribution < 1.29 is 33.2 Å². The number of nitrogens with zero attached hydrogens (tertiary/aromatic N) is 3. The van der Waals surface area contributed by atoms with E-state index in [4.69, 9.17) is 0 Å². The third kappa shape index (κ3) is 5.50. The monoisotopic (exact) mass is 693 g/mol. The number of carbonyl (C=O) groups is 6. The molecule has 1 aromatic heterocycles. The van der Waals surface area contributed by atoms with E-state index in [1.165, 1.54) is 12.1 Å². The molecule has 3 aromatic rings. The van der Waals surface area contributed by atoms with E-state index in [1.807, 2.05) is 13.0 Å². The van der Waals surface area contributed by atoms with Gasteiger partial charge in [0.2, 0.25) is 11.8 Å². The van der Waals surface area contributed by atoms with Crippen LogP contribution in [0.15, 0.2) is 36.4 Å². The van der Waals surface area contributed by atoms with Crippen molar-refractivity contribution in [3.8, 4) is 0 Å². The molecule has 2 aromatic carbocycles. The normalized spacial score (nSPS) is 21.5. The summed E-state index contributed by atoms with van der Waals surface area (Å²) in [5, 5.41) is 8.11. The number of benzene rings is 2. The third-order valence-electron chi connectivity index (χ3n) is 10.6. The average Bonchev–Trinajstić information content (AvgIpc) is 3.82. The number of H-pyrrole nitrogens is 1. The Morgan fingerprint density at radius 2 is 1.75 bits per heavy atom. The van der Waals surface area contributed by atoms with Gasteiger partial charge in [0.25, 0.3) is 23.6 Å². The van der Waals surface area contributed by atoms with E-state index in [9.17, 15) is 33.2 Å². The molecule has 14 heteroatoms. The number of aryl methyl sites for hydroxylation is 1. The van der Waals surface area contributed by atoms with Crippen molar-refractivity contribution in [1.29, 1.82) is 0 Å². The number of amides is 6. The minimum absolute atomic E-state index is 0.0659. The molecule has 262 valence electrons. The van der Waals surface area contributed by atoms with Crippen molar-refractivity contribution in [2.75, 3.05) is 49.5 Å². The topological polar surface area (TPSA) is 164 Å². The second-order valence-corrected chi connectivity index (χ2v) is 13.6. The fourth-order valence-corrected chi connectivity index (χ4v) is 8.12. The second kappa shape index (κ2) is 12.6. The van der Waals surface area contributed by atoms with E-state index in [0.29, 0.717) is 66.1 Å². The molecule has 2 fully saturated rings. The lowest BCUT2D eigenvalue weighted by atomic mass is 9.99. The Morgan fingerprint density at radius 3 is 2.53 bits per heavy atom. The molecule has 13 nitrogen and oxygen atoms in total. The first-order chi connectivity index (χ1) is 24.6. The Kier molecular flexibility index (Phi) is 8.05. The maximum absolute atomic E-state index is 14.1. The lowest BCUT2D eigenvalue weighted by Crippen LogP contribution is -2.54. The number of imide groups is 2. The minimum Gasteiger partial charge on any atom is -0.368 e. The van der Waals surface area contributed by atoms with Gasteiger partial charge in [-0.3, -0.25) is 43.9 Å². The van der Waals surface area contributed by atoms with Crippen LogP contribution in [0.3, 0.4) is 0 Å². The predicted molar refractivity (Wildman–Crippen MR) is 184 cm³/mol. The van der Waals surface area contributed by atoms with Crippen molar-refractivity contribution in [2.45, 2.75) is 45.1 Å². The summed E-state index contributed by atoms with van der Waals surface area (Å²) in [7, 11) is 0. The van der Waals surface area contributed by atoms with E-state index in [1.54, 1.807) is 18.2 Å². The largest absolute Gasteiger partial charge is 0.368 e. The van der Waals surface area contributed by atoms with Crippen LogP contribution in [-0.4, -0.2) is 95.5 Å². The fourth-order valence-electron chi connectivity index (χ4n) is 8.12. The number of aromatic amines is 1. The molecule has 6 amide bonds. The zero-order chi connectivity index (χ0) is 35.6. The van der Waals surface area contributed by atoms with Crippen LogP contribution >= 0.6 is 0 Å². The van der Waals surface area contributed by atoms with Crippen LogP contribution in [0.25, 0.3) is 11.1 Å². The number of piperidine rings is 1. The number of piperazine rings is 1. The van der Waals surface area contributed by atoms with Gasteiger partial charge in [0.05, 0.1) is 28.0 Å². The first-order valence-corrected chi connectivity index (χ1v) is 17.3. The Balaban J connectivity index is 0.864. The minimum atomic E-state index is -1.01. The summed E-state index contributed by atoms with van der Waals surface area (Å²) in [5.41, 5.74) is 6.51. The molecule has 5 aliphatic rings. The van der Waals surface area contributed by atoms with Crippen molar-refractivity contribution in [3.05, 3.63) is 81.4 Å². The Morgan fingerprint density at radius 1 is 0.941 bits per heavy atom. The quantitative estimate of drug-likeness (QED) is 0.167. The molecule has 0 saturated carbocycles. The first kappa shape index (κ1) is 32.6. The summed E-state index contributed by atoms with van der Waals surface area (Å²) in [5.74, 6) is -2.95. The highest BCUT2D eigenvalue weighted by Crippen LogP contribution is 2.44. The Hall–Kier alpha value is -5.63. The standard InChI is InChI=1S/C37H36FN7O6/c1-19-29(21-7-8-22(32(21)40-19)30-24-18-20(38)6-9-25(24)41-35(30)49)34(48)39-12-3-13-43-14-16-44(17-15-43)26-5-2-4-23-31(26)37(51)45(36(23)50)27-10-11-28(46)42-33(27)47/h2,4-6,9,18,27,40H,3,7-8,10-17H2,1H3,(H,39,48)(H,41,49)(H,42,46,47)/b30-22-. The van der Waals surface area contributed by atoms with Gasteiger partial charge in [-0.2, -0.15) is 0 Å². The first-order valence-electron chi connectivity index (χ1n) is 17.3. The van der Waals surface area contributed by atoms with Gasteiger partial charge < -0.3 is 20.5 Å². The van der Waals surface area contributed by atoms with Gasteiger partial charge in [-0.1, -0.05) is 6.07 Å². The van der Waals surface area contributed by atoms with E-state index >= 15 is 0 Å².